The summed E-state index contributed by atoms with van der Waals surface area (Å²) in [5.74, 6) is -0.0597. The third kappa shape index (κ3) is 2.90. The highest BCUT2D eigenvalue weighted by Gasteiger charge is 2.04. The van der Waals surface area contributed by atoms with E-state index in [1.165, 1.54) is 12.1 Å². The van der Waals surface area contributed by atoms with Crippen molar-refractivity contribution in [3.63, 3.8) is 0 Å². The molecule has 0 saturated heterocycles. The molecule has 0 aliphatic rings. The molecule has 2 rings (SSSR count). The van der Waals surface area contributed by atoms with Gasteiger partial charge >= 0.3 is 0 Å². The molecule has 0 bridgehead atoms. The van der Waals surface area contributed by atoms with Crippen molar-refractivity contribution in [3.8, 4) is 5.75 Å². The average Bonchev–Trinajstić information content (AvgIpc) is 2.84. The van der Waals surface area contributed by atoms with Crippen molar-refractivity contribution in [3.05, 3.63) is 48.3 Å². The number of benzene rings is 1. The van der Waals surface area contributed by atoms with Crippen LogP contribution in [0, 0.1) is 5.82 Å². The molecule has 0 radical (unpaired) electrons. The van der Waals surface area contributed by atoms with E-state index in [0.717, 1.165) is 6.07 Å². The van der Waals surface area contributed by atoms with Gasteiger partial charge in [-0.3, -0.25) is 4.79 Å². The van der Waals surface area contributed by atoms with Gasteiger partial charge in [0, 0.05) is 12.4 Å². The summed E-state index contributed by atoms with van der Waals surface area (Å²) in [6, 6.07) is 3.87. The topological polar surface area (TPSA) is 44.1 Å². The number of hydrogen-bond acceptors (Lipinski definition) is 3. The Balaban J connectivity index is 1.96. The molecular formula is C12H11FN2O2. The van der Waals surface area contributed by atoms with Gasteiger partial charge in [0.05, 0.1) is 18.4 Å². The monoisotopic (exact) mass is 234 g/mol. The lowest BCUT2D eigenvalue weighted by molar-refractivity contribution is 0.111. The summed E-state index contributed by atoms with van der Waals surface area (Å²) in [5.41, 5.74) is 0.218. The maximum absolute atomic E-state index is 12.9. The molecule has 2 aromatic rings. The lowest BCUT2D eigenvalue weighted by Gasteiger charge is -2.08. The van der Waals surface area contributed by atoms with Crippen molar-refractivity contribution in [1.29, 1.82) is 0 Å². The Bertz CT molecular complexity index is 497. The zero-order chi connectivity index (χ0) is 12.1. The SMILES string of the molecule is O=Cc1cc(F)ccc1OCCn1ccnc1. The quantitative estimate of drug-likeness (QED) is 0.742. The molecule has 0 unspecified atom stereocenters. The second-order valence-corrected chi connectivity index (χ2v) is 3.45. The van der Waals surface area contributed by atoms with E-state index in [9.17, 15) is 9.18 Å². The Morgan fingerprint density at radius 1 is 1.47 bits per heavy atom. The van der Waals surface area contributed by atoms with Gasteiger partial charge in [-0.2, -0.15) is 0 Å². The van der Waals surface area contributed by atoms with E-state index in [4.69, 9.17) is 4.74 Å². The number of hydrogen-bond donors (Lipinski definition) is 0. The lowest BCUT2D eigenvalue weighted by Crippen LogP contribution is -2.07. The Labute approximate surface area is 97.7 Å². The van der Waals surface area contributed by atoms with Gasteiger partial charge in [-0.15, -0.1) is 0 Å². The number of nitrogens with zero attached hydrogens (tertiary/aromatic N) is 2. The van der Waals surface area contributed by atoms with E-state index in [1.54, 1.807) is 12.5 Å². The highest BCUT2D eigenvalue weighted by atomic mass is 19.1. The van der Waals surface area contributed by atoms with E-state index in [0.29, 0.717) is 25.2 Å². The van der Waals surface area contributed by atoms with Gasteiger partial charge in [-0.25, -0.2) is 9.37 Å². The molecule has 0 aliphatic heterocycles. The van der Waals surface area contributed by atoms with Crippen LogP contribution >= 0.6 is 0 Å². The number of aldehydes is 1. The van der Waals surface area contributed by atoms with Crippen LogP contribution in [-0.2, 0) is 6.54 Å². The fourth-order valence-corrected chi connectivity index (χ4v) is 1.42. The first-order chi connectivity index (χ1) is 8.29. The van der Waals surface area contributed by atoms with Gasteiger partial charge < -0.3 is 9.30 Å². The number of halogens is 1. The Hall–Kier alpha value is -2.17. The third-order valence-electron chi connectivity index (χ3n) is 2.27. The second-order valence-electron chi connectivity index (χ2n) is 3.45. The molecule has 5 heteroatoms. The fraction of sp³-hybridized carbons (Fsp3) is 0.167. The number of imidazole rings is 1. The average molecular weight is 234 g/mol. The van der Waals surface area contributed by atoms with E-state index in [1.807, 2.05) is 10.8 Å². The molecule has 0 fully saturated rings. The van der Waals surface area contributed by atoms with Gasteiger partial charge in [-0.1, -0.05) is 0 Å². The Morgan fingerprint density at radius 3 is 3.06 bits per heavy atom. The molecule has 88 valence electrons. The maximum atomic E-state index is 12.9. The summed E-state index contributed by atoms with van der Waals surface area (Å²) in [6.07, 6.45) is 5.74. The number of ether oxygens (including phenoxy) is 1. The zero-order valence-electron chi connectivity index (χ0n) is 9.04. The van der Waals surface area contributed by atoms with Crippen LogP contribution in [0.4, 0.5) is 4.39 Å². The van der Waals surface area contributed by atoms with Crippen molar-refractivity contribution in [2.45, 2.75) is 6.54 Å². The summed E-state index contributed by atoms with van der Waals surface area (Å²) in [4.78, 5) is 14.6. The van der Waals surface area contributed by atoms with Gasteiger partial charge in [0.2, 0.25) is 0 Å². The number of aromatic nitrogens is 2. The van der Waals surface area contributed by atoms with E-state index < -0.39 is 5.82 Å². The van der Waals surface area contributed by atoms with Crippen LogP contribution in [0.2, 0.25) is 0 Å². The number of rotatable bonds is 5. The van der Waals surface area contributed by atoms with Crippen molar-refractivity contribution in [1.82, 2.24) is 9.55 Å². The minimum atomic E-state index is -0.450. The van der Waals surface area contributed by atoms with Gasteiger partial charge in [0.25, 0.3) is 0 Å². The molecule has 0 aliphatic carbocycles. The summed E-state index contributed by atoms with van der Waals surface area (Å²) < 4.78 is 20.1. The predicted octanol–water partition coefficient (Wildman–Crippen LogP) is 1.91. The molecule has 0 spiro atoms. The van der Waals surface area contributed by atoms with Crippen molar-refractivity contribution < 1.29 is 13.9 Å². The minimum absolute atomic E-state index is 0.218. The molecule has 0 atom stereocenters. The molecule has 4 nitrogen and oxygen atoms in total. The summed E-state index contributed by atoms with van der Waals surface area (Å²) in [5, 5.41) is 0. The molecule has 0 amide bonds. The summed E-state index contributed by atoms with van der Waals surface area (Å²) in [7, 11) is 0. The first-order valence-corrected chi connectivity index (χ1v) is 5.13. The Morgan fingerprint density at radius 2 is 2.35 bits per heavy atom. The summed E-state index contributed by atoms with van der Waals surface area (Å²) in [6.45, 7) is 1.01. The predicted molar refractivity (Wildman–Crippen MR) is 59.5 cm³/mol. The van der Waals surface area contributed by atoms with Gasteiger partial charge in [0.1, 0.15) is 18.2 Å². The normalized spacial score (nSPS) is 10.2. The molecule has 1 aromatic heterocycles. The molecule has 1 heterocycles. The summed E-state index contributed by atoms with van der Waals surface area (Å²) >= 11 is 0. The highest BCUT2D eigenvalue weighted by Crippen LogP contribution is 2.17. The van der Waals surface area contributed by atoms with E-state index >= 15 is 0 Å². The van der Waals surface area contributed by atoms with Crippen LogP contribution in [0.1, 0.15) is 10.4 Å². The van der Waals surface area contributed by atoms with Crippen LogP contribution in [0.25, 0.3) is 0 Å². The van der Waals surface area contributed by atoms with Crippen LogP contribution in [0.3, 0.4) is 0 Å². The Kier molecular flexibility index (Phi) is 3.49. The van der Waals surface area contributed by atoms with Crippen LogP contribution < -0.4 is 4.74 Å². The van der Waals surface area contributed by atoms with E-state index in [-0.39, 0.29) is 5.56 Å². The van der Waals surface area contributed by atoms with Gasteiger partial charge in [0.15, 0.2) is 6.29 Å². The molecule has 0 N–H and O–H groups in total. The minimum Gasteiger partial charge on any atom is -0.491 e. The first kappa shape index (κ1) is 11.3. The fourth-order valence-electron chi connectivity index (χ4n) is 1.42. The van der Waals surface area contributed by atoms with Gasteiger partial charge in [-0.05, 0) is 18.2 Å². The second kappa shape index (κ2) is 5.25. The van der Waals surface area contributed by atoms with Crippen molar-refractivity contribution in [2.75, 3.05) is 6.61 Å². The first-order valence-electron chi connectivity index (χ1n) is 5.13. The lowest BCUT2D eigenvalue weighted by atomic mass is 10.2. The molecule has 0 saturated carbocycles. The third-order valence-corrected chi connectivity index (χ3v) is 2.27. The molecule has 17 heavy (non-hydrogen) atoms. The largest absolute Gasteiger partial charge is 0.491 e. The molecule has 1 aromatic carbocycles. The van der Waals surface area contributed by atoms with Crippen LogP contribution in [-0.4, -0.2) is 22.4 Å². The van der Waals surface area contributed by atoms with E-state index in [2.05, 4.69) is 4.98 Å². The van der Waals surface area contributed by atoms with Crippen molar-refractivity contribution in [2.24, 2.45) is 0 Å². The van der Waals surface area contributed by atoms with Crippen molar-refractivity contribution >= 4 is 6.29 Å². The number of carbonyl (C=O) groups is 1. The van der Waals surface area contributed by atoms with Crippen LogP contribution in [0.5, 0.6) is 5.75 Å². The smallest absolute Gasteiger partial charge is 0.153 e. The zero-order valence-corrected chi connectivity index (χ0v) is 9.04. The van der Waals surface area contributed by atoms with Crippen LogP contribution in [0.15, 0.2) is 36.9 Å². The highest BCUT2D eigenvalue weighted by molar-refractivity contribution is 5.79. The number of carbonyl (C=O) groups excluding carboxylic acids is 1. The standard InChI is InChI=1S/C12H11FN2O2/c13-11-1-2-12(10(7-11)8-16)17-6-5-15-4-3-14-9-15/h1-4,7-9H,5-6H2. The maximum Gasteiger partial charge on any atom is 0.153 e. The molecular weight excluding hydrogens is 223 g/mol.